The largest absolute Gasteiger partial charge is 0.481 e. The maximum atomic E-state index is 10.6. The fraction of sp³-hybridized carbons (Fsp3) is 0.0714. The summed E-state index contributed by atoms with van der Waals surface area (Å²) in [6, 6.07) is 11.0. The summed E-state index contributed by atoms with van der Waals surface area (Å²) in [6.07, 6.45) is 0.0362. The van der Waals surface area contributed by atoms with Gasteiger partial charge in [0, 0.05) is 4.90 Å². The highest BCUT2D eigenvalue weighted by Gasteiger charge is 2.08. The van der Waals surface area contributed by atoms with Gasteiger partial charge < -0.3 is 5.11 Å². The lowest BCUT2D eigenvalue weighted by Gasteiger charge is -2.00. The summed E-state index contributed by atoms with van der Waals surface area (Å²) in [5, 5.41) is 9.20. The highest BCUT2D eigenvalue weighted by atomic mass is 35.5. The molecule has 0 saturated carbocycles. The Kier molecular flexibility index (Phi) is 4.10. The van der Waals surface area contributed by atoms with Crippen LogP contribution in [0.1, 0.15) is 5.56 Å². The minimum absolute atomic E-state index is 0.0362. The van der Waals surface area contributed by atoms with Gasteiger partial charge in [-0.3, -0.25) is 4.79 Å². The standard InChI is InChI=1S/C14H9ClN2O2S2/c15-11-6-5-10-13(17-11)21-14(16-10)20-9-3-1-8(2-4-9)7-12(18)19/h1-6H,7H2,(H,18,19). The van der Waals surface area contributed by atoms with Crippen LogP contribution in [0.4, 0.5) is 0 Å². The van der Waals surface area contributed by atoms with Gasteiger partial charge in [-0.05, 0) is 29.8 Å². The minimum atomic E-state index is -0.829. The Hall–Kier alpha value is -1.63. The van der Waals surface area contributed by atoms with Crippen molar-refractivity contribution >= 4 is 51.0 Å². The molecule has 0 aliphatic heterocycles. The molecule has 1 N–H and O–H groups in total. The number of benzene rings is 1. The number of fused-ring (bicyclic) bond motifs is 1. The van der Waals surface area contributed by atoms with E-state index in [1.807, 2.05) is 30.3 Å². The second kappa shape index (κ2) is 6.01. The first-order valence-electron chi connectivity index (χ1n) is 6.02. The molecule has 2 heterocycles. The third kappa shape index (κ3) is 3.53. The van der Waals surface area contributed by atoms with Crippen molar-refractivity contribution in [2.45, 2.75) is 15.7 Å². The second-order valence-electron chi connectivity index (χ2n) is 4.25. The lowest BCUT2D eigenvalue weighted by molar-refractivity contribution is -0.136. The van der Waals surface area contributed by atoms with E-state index in [-0.39, 0.29) is 6.42 Å². The first-order valence-corrected chi connectivity index (χ1v) is 8.03. The number of aromatic nitrogens is 2. The first kappa shape index (κ1) is 14.3. The van der Waals surface area contributed by atoms with E-state index in [0.29, 0.717) is 5.15 Å². The molecule has 0 unspecified atom stereocenters. The van der Waals surface area contributed by atoms with E-state index in [9.17, 15) is 4.79 Å². The third-order valence-electron chi connectivity index (χ3n) is 2.69. The van der Waals surface area contributed by atoms with E-state index in [0.717, 1.165) is 25.1 Å². The zero-order valence-corrected chi connectivity index (χ0v) is 13.0. The van der Waals surface area contributed by atoms with Crippen molar-refractivity contribution < 1.29 is 9.90 Å². The van der Waals surface area contributed by atoms with Crippen LogP contribution in [0.25, 0.3) is 10.3 Å². The Bertz CT molecular complexity index is 802. The van der Waals surface area contributed by atoms with Crippen molar-refractivity contribution in [3.05, 3.63) is 47.1 Å². The van der Waals surface area contributed by atoms with Gasteiger partial charge in [-0.15, -0.1) is 0 Å². The molecule has 2 aromatic heterocycles. The number of rotatable bonds is 4. The molecule has 1 aromatic carbocycles. The number of nitrogens with zero attached hydrogens (tertiary/aromatic N) is 2. The fourth-order valence-electron chi connectivity index (χ4n) is 1.77. The van der Waals surface area contributed by atoms with E-state index in [2.05, 4.69) is 9.97 Å². The van der Waals surface area contributed by atoms with Gasteiger partial charge in [0.15, 0.2) is 4.34 Å². The molecule has 4 nitrogen and oxygen atoms in total. The number of carboxylic acids is 1. The average molecular weight is 337 g/mol. The highest BCUT2D eigenvalue weighted by molar-refractivity contribution is 8.01. The number of aliphatic carboxylic acids is 1. The van der Waals surface area contributed by atoms with Crippen LogP contribution >= 0.6 is 34.7 Å². The van der Waals surface area contributed by atoms with Crippen LogP contribution in [0, 0.1) is 0 Å². The van der Waals surface area contributed by atoms with Gasteiger partial charge in [-0.1, -0.05) is 46.8 Å². The molecule has 106 valence electrons. The van der Waals surface area contributed by atoms with Crippen LogP contribution in [0.2, 0.25) is 5.15 Å². The van der Waals surface area contributed by atoms with Crippen LogP contribution in [-0.4, -0.2) is 21.0 Å². The lowest BCUT2D eigenvalue weighted by atomic mass is 10.2. The molecule has 0 atom stereocenters. The van der Waals surface area contributed by atoms with Gasteiger partial charge >= 0.3 is 5.97 Å². The Morgan fingerprint density at radius 1 is 1.19 bits per heavy atom. The lowest BCUT2D eigenvalue weighted by Crippen LogP contribution is -1.99. The van der Waals surface area contributed by atoms with Crippen molar-refractivity contribution in [1.29, 1.82) is 0 Å². The van der Waals surface area contributed by atoms with E-state index in [1.54, 1.807) is 6.07 Å². The summed E-state index contributed by atoms with van der Waals surface area (Å²) in [4.78, 5) is 21.2. The average Bonchev–Trinajstić information content (AvgIpc) is 2.82. The molecule has 0 bridgehead atoms. The van der Waals surface area contributed by atoms with E-state index >= 15 is 0 Å². The van der Waals surface area contributed by atoms with Crippen molar-refractivity contribution in [2.24, 2.45) is 0 Å². The molecule has 0 saturated heterocycles. The van der Waals surface area contributed by atoms with Crippen molar-refractivity contribution in [1.82, 2.24) is 9.97 Å². The van der Waals surface area contributed by atoms with E-state index in [1.165, 1.54) is 23.1 Å². The van der Waals surface area contributed by atoms with Gasteiger partial charge in [-0.2, -0.15) is 0 Å². The summed E-state index contributed by atoms with van der Waals surface area (Å²) >= 11 is 8.87. The summed E-state index contributed by atoms with van der Waals surface area (Å²) in [5.74, 6) is -0.829. The number of pyridine rings is 1. The van der Waals surface area contributed by atoms with Crippen molar-refractivity contribution in [3.8, 4) is 0 Å². The summed E-state index contributed by atoms with van der Waals surface area (Å²) < 4.78 is 0.880. The molecule has 7 heteroatoms. The molecule has 0 amide bonds. The number of carbonyl (C=O) groups is 1. The monoisotopic (exact) mass is 336 g/mol. The number of halogens is 1. The topological polar surface area (TPSA) is 63.1 Å². The van der Waals surface area contributed by atoms with Crippen LogP contribution in [-0.2, 0) is 11.2 Å². The van der Waals surface area contributed by atoms with Gasteiger partial charge in [0.1, 0.15) is 15.5 Å². The Morgan fingerprint density at radius 2 is 1.95 bits per heavy atom. The molecule has 3 aromatic rings. The smallest absolute Gasteiger partial charge is 0.307 e. The molecular weight excluding hydrogens is 328 g/mol. The molecule has 0 spiro atoms. The van der Waals surface area contributed by atoms with Crippen LogP contribution in [0.3, 0.4) is 0 Å². The Morgan fingerprint density at radius 3 is 2.67 bits per heavy atom. The normalized spacial score (nSPS) is 10.9. The summed E-state index contributed by atoms with van der Waals surface area (Å²) in [6.45, 7) is 0. The van der Waals surface area contributed by atoms with E-state index in [4.69, 9.17) is 16.7 Å². The minimum Gasteiger partial charge on any atom is -0.481 e. The summed E-state index contributed by atoms with van der Waals surface area (Å²) in [5.41, 5.74) is 1.61. The third-order valence-corrected chi connectivity index (χ3v) is 4.93. The van der Waals surface area contributed by atoms with Crippen LogP contribution in [0.5, 0.6) is 0 Å². The number of thiazole rings is 1. The zero-order valence-electron chi connectivity index (χ0n) is 10.6. The highest BCUT2D eigenvalue weighted by Crippen LogP contribution is 2.34. The molecule has 0 radical (unpaired) electrons. The molecule has 0 fully saturated rings. The second-order valence-corrected chi connectivity index (χ2v) is 6.94. The maximum Gasteiger partial charge on any atom is 0.307 e. The summed E-state index contributed by atoms with van der Waals surface area (Å²) in [7, 11) is 0. The van der Waals surface area contributed by atoms with Gasteiger partial charge in [-0.25, -0.2) is 9.97 Å². The number of hydrogen-bond donors (Lipinski definition) is 1. The molecule has 0 aliphatic carbocycles. The molecular formula is C14H9ClN2O2S2. The van der Waals surface area contributed by atoms with Crippen LogP contribution < -0.4 is 0 Å². The van der Waals surface area contributed by atoms with Gasteiger partial charge in [0.05, 0.1) is 6.42 Å². The zero-order chi connectivity index (χ0) is 14.8. The Balaban J connectivity index is 1.79. The van der Waals surface area contributed by atoms with Crippen molar-refractivity contribution in [3.63, 3.8) is 0 Å². The fourth-order valence-corrected chi connectivity index (χ4v) is 3.95. The number of hydrogen-bond acceptors (Lipinski definition) is 5. The SMILES string of the molecule is O=C(O)Cc1ccc(Sc2nc3ccc(Cl)nc3s2)cc1. The van der Waals surface area contributed by atoms with Crippen molar-refractivity contribution in [2.75, 3.05) is 0 Å². The van der Waals surface area contributed by atoms with Crippen LogP contribution in [0.15, 0.2) is 45.6 Å². The predicted molar refractivity (Wildman–Crippen MR) is 84.3 cm³/mol. The molecule has 3 rings (SSSR count). The van der Waals surface area contributed by atoms with Gasteiger partial charge in [0.25, 0.3) is 0 Å². The van der Waals surface area contributed by atoms with Gasteiger partial charge in [0.2, 0.25) is 0 Å². The quantitative estimate of drug-likeness (QED) is 0.726. The van der Waals surface area contributed by atoms with E-state index < -0.39 is 5.97 Å². The molecule has 21 heavy (non-hydrogen) atoms. The molecule has 0 aliphatic rings. The first-order chi connectivity index (χ1) is 10.1. The predicted octanol–water partition coefficient (Wildman–Crippen LogP) is 4.12. The number of carboxylic acid groups (broad SMARTS) is 1. The Labute approximate surface area is 133 Å². The maximum absolute atomic E-state index is 10.6.